The lowest BCUT2D eigenvalue weighted by Gasteiger charge is -2.36. The average Bonchev–Trinajstić information content (AvgIpc) is 2.87. The molecule has 0 radical (unpaired) electrons. The molecule has 1 atom stereocenters. The first-order valence-corrected chi connectivity index (χ1v) is 11.9. The Morgan fingerprint density at radius 3 is 2.53 bits per heavy atom. The smallest absolute Gasteiger partial charge is 0.255 e. The molecule has 1 saturated heterocycles. The Hall–Kier alpha value is -2.64. The van der Waals surface area contributed by atoms with Crippen LogP contribution in [0.3, 0.4) is 0 Å². The molecular formula is C26H27Cl2N3O3. The largest absolute Gasteiger partial charge is 0.497 e. The van der Waals surface area contributed by atoms with E-state index >= 15 is 0 Å². The standard InChI is InChI=1S/C26H27Cl2N3O3/c1-33-23-7-3-5-20(15-23)24(34-18-19-4-2-6-22(27)14-19)17-30-10-12-31(13-11-30)26(32)21-8-9-25(28)29-16-21/h2-9,14-16,24H,10-13,17-18H2,1H3. The zero-order chi connectivity index (χ0) is 23.9. The summed E-state index contributed by atoms with van der Waals surface area (Å²) in [4.78, 5) is 21.0. The number of nitrogens with zero attached hydrogens (tertiary/aromatic N) is 3. The molecule has 1 fully saturated rings. The summed E-state index contributed by atoms with van der Waals surface area (Å²) in [6, 6.07) is 19.0. The van der Waals surface area contributed by atoms with E-state index in [4.69, 9.17) is 32.7 Å². The second-order valence-electron chi connectivity index (χ2n) is 8.17. The highest BCUT2D eigenvalue weighted by Crippen LogP contribution is 2.25. The molecule has 0 saturated carbocycles. The number of pyridine rings is 1. The highest BCUT2D eigenvalue weighted by Gasteiger charge is 2.25. The number of piperazine rings is 1. The number of benzene rings is 2. The summed E-state index contributed by atoms with van der Waals surface area (Å²) in [7, 11) is 1.66. The van der Waals surface area contributed by atoms with E-state index in [2.05, 4.69) is 16.0 Å². The van der Waals surface area contributed by atoms with Crippen LogP contribution >= 0.6 is 23.2 Å². The quantitative estimate of drug-likeness (QED) is 0.403. The van der Waals surface area contributed by atoms with Gasteiger partial charge in [0.2, 0.25) is 0 Å². The minimum atomic E-state index is -0.156. The van der Waals surface area contributed by atoms with Crippen LogP contribution in [0.25, 0.3) is 0 Å². The Kier molecular flexibility index (Phi) is 8.40. The molecular weight excluding hydrogens is 473 g/mol. The maximum absolute atomic E-state index is 12.8. The van der Waals surface area contributed by atoms with Crippen LogP contribution in [0.15, 0.2) is 66.9 Å². The zero-order valence-corrected chi connectivity index (χ0v) is 20.5. The summed E-state index contributed by atoms with van der Waals surface area (Å²) in [5.41, 5.74) is 2.62. The fourth-order valence-electron chi connectivity index (χ4n) is 3.97. The van der Waals surface area contributed by atoms with E-state index in [1.165, 1.54) is 6.20 Å². The number of amides is 1. The minimum absolute atomic E-state index is 0.0228. The van der Waals surface area contributed by atoms with Crippen molar-refractivity contribution in [1.82, 2.24) is 14.8 Å². The number of hydrogen-bond donors (Lipinski definition) is 0. The molecule has 4 rings (SSSR count). The van der Waals surface area contributed by atoms with Gasteiger partial charge in [0.05, 0.1) is 25.4 Å². The fourth-order valence-corrected chi connectivity index (χ4v) is 4.30. The van der Waals surface area contributed by atoms with Crippen molar-refractivity contribution < 1.29 is 14.3 Å². The first-order valence-electron chi connectivity index (χ1n) is 11.1. The van der Waals surface area contributed by atoms with Crippen LogP contribution in [0.2, 0.25) is 10.2 Å². The van der Waals surface area contributed by atoms with Gasteiger partial charge in [-0.25, -0.2) is 4.98 Å². The van der Waals surface area contributed by atoms with E-state index in [0.717, 1.165) is 30.0 Å². The van der Waals surface area contributed by atoms with E-state index < -0.39 is 0 Å². The number of carbonyl (C=O) groups excluding carboxylic acids is 1. The van der Waals surface area contributed by atoms with Crippen LogP contribution in [-0.4, -0.2) is 60.5 Å². The predicted octanol–water partition coefficient (Wildman–Crippen LogP) is 5.11. The number of hydrogen-bond acceptors (Lipinski definition) is 5. The Bertz CT molecular complexity index is 1100. The lowest BCUT2D eigenvalue weighted by Crippen LogP contribution is -2.49. The topological polar surface area (TPSA) is 54.9 Å². The first-order chi connectivity index (χ1) is 16.5. The fraction of sp³-hybridized carbons (Fsp3) is 0.308. The lowest BCUT2D eigenvalue weighted by molar-refractivity contribution is 0.00333. The SMILES string of the molecule is COc1cccc(C(CN2CCN(C(=O)c3ccc(Cl)nc3)CC2)OCc2cccc(Cl)c2)c1. The Labute approximate surface area is 210 Å². The van der Waals surface area contributed by atoms with E-state index in [1.54, 1.807) is 19.2 Å². The van der Waals surface area contributed by atoms with Gasteiger partial charge in [-0.05, 0) is 47.5 Å². The highest BCUT2D eigenvalue weighted by molar-refractivity contribution is 6.30. The Morgan fingerprint density at radius 2 is 1.82 bits per heavy atom. The van der Waals surface area contributed by atoms with Gasteiger partial charge < -0.3 is 14.4 Å². The van der Waals surface area contributed by atoms with Crippen LogP contribution in [-0.2, 0) is 11.3 Å². The number of aromatic nitrogens is 1. The normalized spacial score (nSPS) is 15.2. The molecule has 0 N–H and O–H groups in total. The van der Waals surface area contributed by atoms with Crippen molar-refractivity contribution in [2.45, 2.75) is 12.7 Å². The predicted molar refractivity (Wildman–Crippen MR) is 134 cm³/mol. The summed E-state index contributed by atoms with van der Waals surface area (Å²) >= 11 is 12.0. The molecule has 2 heterocycles. The van der Waals surface area contributed by atoms with Crippen molar-refractivity contribution in [2.75, 3.05) is 39.8 Å². The molecule has 1 aromatic heterocycles. The van der Waals surface area contributed by atoms with Gasteiger partial charge in [0, 0.05) is 43.9 Å². The number of halogens is 2. The molecule has 0 spiro atoms. The molecule has 1 aliphatic heterocycles. The van der Waals surface area contributed by atoms with Gasteiger partial charge in [-0.15, -0.1) is 0 Å². The Morgan fingerprint density at radius 1 is 1.03 bits per heavy atom. The van der Waals surface area contributed by atoms with Gasteiger partial charge in [0.25, 0.3) is 5.91 Å². The van der Waals surface area contributed by atoms with Crippen LogP contribution in [0.1, 0.15) is 27.6 Å². The molecule has 8 heteroatoms. The molecule has 1 unspecified atom stereocenters. The first kappa shape index (κ1) is 24.5. The zero-order valence-electron chi connectivity index (χ0n) is 19.0. The molecule has 2 aromatic carbocycles. The van der Waals surface area contributed by atoms with Crippen molar-refractivity contribution in [1.29, 1.82) is 0 Å². The maximum Gasteiger partial charge on any atom is 0.255 e. The molecule has 178 valence electrons. The number of carbonyl (C=O) groups is 1. The summed E-state index contributed by atoms with van der Waals surface area (Å²) in [5, 5.41) is 1.07. The summed E-state index contributed by atoms with van der Waals surface area (Å²) in [6.07, 6.45) is 1.37. The molecule has 0 bridgehead atoms. The molecule has 6 nitrogen and oxygen atoms in total. The molecule has 1 aliphatic rings. The third-order valence-electron chi connectivity index (χ3n) is 5.86. The molecule has 1 amide bonds. The highest BCUT2D eigenvalue weighted by atomic mass is 35.5. The molecule has 0 aliphatic carbocycles. The average molecular weight is 500 g/mol. The van der Waals surface area contributed by atoms with Crippen LogP contribution in [0.4, 0.5) is 0 Å². The Balaban J connectivity index is 1.40. The minimum Gasteiger partial charge on any atom is -0.497 e. The van der Waals surface area contributed by atoms with Gasteiger partial charge in [-0.2, -0.15) is 0 Å². The van der Waals surface area contributed by atoms with Crippen molar-refractivity contribution in [2.24, 2.45) is 0 Å². The second kappa shape index (κ2) is 11.7. The third-order valence-corrected chi connectivity index (χ3v) is 6.32. The maximum atomic E-state index is 12.8. The number of methoxy groups -OCH3 is 1. The van der Waals surface area contributed by atoms with Gasteiger partial charge in [-0.1, -0.05) is 47.5 Å². The van der Waals surface area contributed by atoms with Gasteiger partial charge in [-0.3, -0.25) is 9.69 Å². The van der Waals surface area contributed by atoms with Crippen LogP contribution in [0, 0.1) is 0 Å². The van der Waals surface area contributed by atoms with Crippen molar-refractivity contribution in [3.63, 3.8) is 0 Å². The van der Waals surface area contributed by atoms with E-state index in [0.29, 0.717) is 42.0 Å². The van der Waals surface area contributed by atoms with Crippen molar-refractivity contribution in [3.05, 3.63) is 93.7 Å². The van der Waals surface area contributed by atoms with E-state index in [-0.39, 0.29) is 12.0 Å². The van der Waals surface area contributed by atoms with Crippen molar-refractivity contribution >= 4 is 29.1 Å². The third kappa shape index (κ3) is 6.48. The summed E-state index contributed by atoms with van der Waals surface area (Å²) in [6.45, 7) is 3.95. The number of rotatable bonds is 8. The molecule has 34 heavy (non-hydrogen) atoms. The van der Waals surface area contributed by atoms with Crippen LogP contribution < -0.4 is 4.74 Å². The molecule has 3 aromatic rings. The monoisotopic (exact) mass is 499 g/mol. The lowest BCUT2D eigenvalue weighted by atomic mass is 10.1. The van der Waals surface area contributed by atoms with Gasteiger partial charge in [0.1, 0.15) is 10.9 Å². The second-order valence-corrected chi connectivity index (χ2v) is 8.99. The summed E-state index contributed by atoms with van der Waals surface area (Å²) in [5.74, 6) is 0.770. The summed E-state index contributed by atoms with van der Waals surface area (Å²) < 4.78 is 11.8. The van der Waals surface area contributed by atoms with Gasteiger partial charge in [0.15, 0.2) is 0 Å². The van der Waals surface area contributed by atoms with E-state index in [9.17, 15) is 4.79 Å². The van der Waals surface area contributed by atoms with Crippen molar-refractivity contribution in [3.8, 4) is 5.75 Å². The van der Waals surface area contributed by atoms with Crippen LogP contribution in [0.5, 0.6) is 5.75 Å². The van der Waals surface area contributed by atoms with Gasteiger partial charge >= 0.3 is 0 Å². The van der Waals surface area contributed by atoms with E-state index in [1.807, 2.05) is 47.4 Å². The number of ether oxygens (including phenoxy) is 2.